The van der Waals surface area contributed by atoms with Crippen LogP contribution >= 0.6 is 0 Å². The summed E-state index contributed by atoms with van der Waals surface area (Å²) in [7, 11) is 3.23. The number of nitrogens with one attached hydrogen (secondary N) is 1. The van der Waals surface area contributed by atoms with Crippen molar-refractivity contribution in [2.24, 2.45) is 14.1 Å². The standard InChI is InChI=1S/C19H15F3N6O/c1-27-10-24-15(26-27)18(29)25-17-14(12-7-5-9-23-16(12)28(17)2)11-6-3-4-8-13(11)19(20,21)22/h3-10H,1-2H3,(H,25,29). The number of carbonyl (C=O) groups is 1. The maximum Gasteiger partial charge on any atom is 0.417 e. The number of pyridine rings is 1. The molecule has 0 saturated heterocycles. The van der Waals surface area contributed by atoms with Crippen LogP contribution in [-0.4, -0.2) is 30.2 Å². The Bertz CT molecular complexity index is 1220. The van der Waals surface area contributed by atoms with Crippen LogP contribution in [0.15, 0.2) is 48.9 Å². The van der Waals surface area contributed by atoms with E-state index >= 15 is 0 Å². The summed E-state index contributed by atoms with van der Waals surface area (Å²) in [5.41, 5.74) is -0.192. The third-order valence-electron chi connectivity index (χ3n) is 4.48. The summed E-state index contributed by atoms with van der Waals surface area (Å²) in [6.45, 7) is 0. The summed E-state index contributed by atoms with van der Waals surface area (Å²) < 4.78 is 43.9. The highest BCUT2D eigenvalue weighted by Crippen LogP contribution is 2.43. The van der Waals surface area contributed by atoms with Gasteiger partial charge in [0, 0.05) is 31.2 Å². The first-order valence-corrected chi connectivity index (χ1v) is 8.54. The largest absolute Gasteiger partial charge is 0.417 e. The van der Waals surface area contributed by atoms with E-state index in [9.17, 15) is 18.0 Å². The summed E-state index contributed by atoms with van der Waals surface area (Å²) in [5, 5.41) is 7.07. The Balaban J connectivity index is 1.95. The van der Waals surface area contributed by atoms with Gasteiger partial charge in [0.1, 0.15) is 17.8 Å². The molecule has 0 atom stereocenters. The maximum absolute atomic E-state index is 13.7. The SMILES string of the molecule is Cn1cnc(C(=O)Nc2c(-c3ccccc3C(F)(F)F)c3cccnc3n2C)n1. The lowest BCUT2D eigenvalue weighted by Crippen LogP contribution is -2.17. The third-order valence-corrected chi connectivity index (χ3v) is 4.48. The van der Waals surface area contributed by atoms with Crippen LogP contribution in [0.25, 0.3) is 22.2 Å². The Hall–Kier alpha value is -3.69. The number of halogens is 3. The second kappa shape index (κ2) is 6.73. The molecule has 0 unspecified atom stereocenters. The number of amides is 1. The number of alkyl halides is 3. The molecule has 1 N–H and O–H groups in total. The molecule has 29 heavy (non-hydrogen) atoms. The summed E-state index contributed by atoms with van der Waals surface area (Å²) >= 11 is 0. The number of carbonyl (C=O) groups excluding carboxylic acids is 1. The normalized spacial score (nSPS) is 11.8. The summed E-state index contributed by atoms with van der Waals surface area (Å²) in [6, 6.07) is 8.53. The summed E-state index contributed by atoms with van der Waals surface area (Å²) in [6.07, 6.45) is -1.67. The van der Waals surface area contributed by atoms with Crippen LogP contribution in [0, 0.1) is 0 Å². The molecule has 4 rings (SSSR count). The lowest BCUT2D eigenvalue weighted by molar-refractivity contribution is -0.137. The minimum atomic E-state index is -4.56. The van der Waals surface area contributed by atoms with Crippen molar-refractivity contribution in [3.63, 3.8) is 0 Å². The topological polar surface area (TPSA) is 77.6 Å². The smallest absolute Gasteiger partial charge is 0.315 e. The van der Waals surface area contributed by atoms with E-state index in [1.807, 2.05) is 0 Å². The fourth-order valence-corrected chi connectivity index (χ4v) is 3.23. The van der Waals surface area contributed by atoms with E-state index in [1.165, 1.54) is 35.4 Å². The van der Waals surface area contributed by atoms with Crippen molar-refractivity contribution >= 4 is 22.8 Å². The highest BCUT2D eigenvalue weighted by Gasteiger charge is 2.35. The van der Waals surface area contributed by atoms with Crippen molar-refractivity contribution in [2.45, 2.75) is 6.18 Å². The number of benzene rings is 1. The number of aromatic nitrogens is 5. The molecule has 3 aromatic heterocycles. The fourth-order valence-electron chi connectivity index (χ4n) is 3.23. The van der Waals surface area contributed by atoms with Gasteiger partial charge in [-0.15, -0.1) is 5.10 Å². The van der Waals surface area contributed by atoms with Crippen LogP contribution in [0.3, 0.4) is 0 Å². The zero-order valence-electron chi connectivity index (χ0n) is 15.4. The Morgan fingerprint density at radius 3 is 2.52 bits per heavy atom. The Labute approximate surface area is 162 Å². The van der Waals surface area contributed by atoms with Crippen LogP contribution in [-0.2, 0) is 20.3 Å². The predicted molar refractivity (Wildman–Crippen MR) is 100 cm³/mol. The molecule has 148 valence electrons. The van der Waals surface area contributed by atoms with E-state index in [4.69, 9.17) is 0 Å². The Morgan fingerprint density at radius 1 is 1.07 bits per heavy atom. The molecular weight excluding hydrogens is 385 g/mol. The summed E-state index contributed by atoms with van der Waals surface area (Å²) in [5.74, 6) is -0.559. The molecule has 10 heteroatoms. The molecule has 0 aliphatic carbocycles. The third kappa shape index (κ3) is 3.22. The van der Waals surface area contributed by atoms with Crippen molar-refractivity contribution in [3.8, 4) is 11.1 Å². The first-order chi connectivity index (χ1) is 13.8. The Morgan fingerprint density at radius 2 is 1.83 bits per heavy atom. The van der Waals surface area contributed by atoms with Gasteiger partial charge in [-0.25, -0.2) is 9.97 Å². The second-order valence-electron chi connectivity index (χ2n) is 6.40. The van der Waals surface area contributed by atoms with Crippen LogP contribution in [0.1, 0.15) is 16.2 Å². The van der Waals surface area contributed by atoms with Crippen molar-refractivity contribution in [1.29, 1.82) is 0 Å². The lowest BCUT2D eigenvalue weighted by atomic mass is 9.98. The highest BCUT2D eigenvalue weighted by atomic mass is 19.4. The molecule has 0 radical (unpaired) electrons. The van der Waals surface area contributed by atoms with E-state index in [0.717, 1.165) is 6.07 Å². The number of fused-ring (bicyclic) bond motifs is 1. The van der Waals surface area contributed by atoms with Gasteiger partial charge in [-0.3, -0.25) is 9.48 Å². The fraction of sp³-hybridized carbons (Fsp3) is 0.158. The van der Waals surface area contributed by atoms with E-state index in [-0.39, 0.29) is 22.8 Å². The van der Waals surface area contributed by atoms with Gasteiger partial charge >= 0.3 is 6.18 Å². The van der Waals surface area contributed by atoms with Gasteiger partial charge in [-0.05, 0) is 23.8 Å². The van der Waals surface area contributed by atoms with Gasteiger partial charge < -0.3 is 9.88 Å². The van der Waals surface area contributed by atoms with Crippen LogP contribution < -0.4 is 5.32 Å². The van der Waals surface area contributed by atoms with Crippen LogP contribution in [0.5, 0.6) is 0 Å². The zero-order chi connectivity index (χ0) is 20.8. The van der Waals surface area contributed by atoms with E-state index in [1.54, 1.807) is 30.8 Å². The van der Waals surface area contributed by atoms with Crippen LogP contribution in [0.4, 0.5) is 19.0 Å². The van der Waals surface area contributed by atoms with Gasteiger partial charge in [0.15, 0.2) is 0 Å². The number of aryl methyl sites for hydroxylation is 2. The van der Waals surface area contributed by atoms with Crippen LogP contribution in [0.2, 0.25) is 0 Å². The molecule has 0 aliphatic rings. The molecule has 0 aliphatic heterocycles. The van der Waals surface area contributed by atoms with E-state index in [2.05, 4.69) is 20.4 Å². The molecule has 1 aromatic carbocycles. The van der Waals surface area contributed by atoms with E-state index < -0.39 is 17.6 Å². The van der Waals surface area contributed by atoms with Gasteiger partial charge in [0.05, 0.1) is 5.56 Å². The molecule has 3 heterocycles. The summed E-state index contributed by atoms with van der Waals surface area (Å²) in [4.78, 5) is 20.8. The van der Waals surface area contributed by atoms with Gasteiger partial charge in [0.2, 0.25) is 5.82 Å². The van der Waals surface area contributed by atoms with Crippen molar-refractivity contribution < 1.29 is 18.0 Å². The molecule has 0 fully saturated rings. The van der Waals surface area contributed by atoms with Gasteiger partial charge in [-0.1, -0.05) is 18.2 Å². The van der Waals surface area contributed by atoms with Crippen molar-refractivity contribution in [2.75, 3.05) is 5.32 Å². The number of hydrogen-bond acceptors (Lipinski definition) is 4. The molecular formula is C19H15F3N6O. The minimum Gasteiger partial charge on any atom is -0.315 e. The number of rotatable bonds is 3. The minimum absolute atomic E-state index is 0.0529. The number of nitrogens with zero attached hydrogens (tertiary/aromatic N) is 5. The van der Waals surface area contributed by atoms with E-state index in [0.29, 0.717) is 11.0 Å². The zero-order valence-corrected chi connectivity index (χ0v) is 15.4. The Kier molecular flexibility index (Phi) is 4.33. The monoisotopic (exact) mass is 400 g/mol. The molecule has 0 saturated carbocycles. The van der Waals surface area contributed by atoms with Crippen molar-refractivity contribution in [3.05, 3.63) is 60.3 Å². The first kappa shape index (κ1) is 18.7. The van der Waals surface area contributed by atoms with Gasteiger partial charge in [-0.2, -0.15) is 13.2 Å². The number of anilines is 1. The molecule has 4 aromatic rings. The quantitative estimate of drug-likeness (QED) is 0.570. The van der Waals surface area contributed by atoms with Gasteiger partial charge in [0.25, 0.3) is 5.91 Å². The average molecular weight is 400 g/mol. The first-order valence-electron chi connectivity index (χ1n) is 8.54. The maximum atomic E-state index is 13.7. The average Bonchev–Trinajstić information content (AvgIpc) is 3.24. The second-order valence-corrected chi connectivity index (χ2v) is 6.40. The molecule has 7 nitrogen and oxygen atoms in total. The van der Waals surface area contributed by atoms with Crippen molar-refractivity contribution in [1.82, 2.24) is 24.3 Å². The lowest BCUT2D eigenvalue weighted by Gasteiger charge is -2.14. The number of hydrogen-bond donors (Lipinski definition) is 1. The molecule has 0 bridgehead atoms. The predicted octanol–water partition coefficient (Wildman–Crippen LogP) is 3.64. The molecule has 1 amide bonds. The highest BCUT2D eigenvalue weighted by molar-refractivity contribution is 6.09. The molecule has 0 spiro atoms.